The Morgan fingerprint density at radius 1 is 1.32 bits per heavy atom. The number of carbonyl (C=O) groups excluding carboxylic acids is 1. The number of nitrogens with one attached hydrogen (secondary N) is 2. The summed E-state index contributed by atoms with van der Waals surface area (Å²) in [6.07, 6.45) is 4.75. The second kappa shape index (κ2) is 9.11. The van der Waals surface area contributed by atoms with Crippen molar-refractivity contribution >= 4 is 11.7 Å². The molecule has 136 valence electrons. The monoisotopic (exact) mass is 344 g/mol. The molecule has 6 nitrogen and oxygen atoms in total. The summed E-state index contributed by atoms with van der Waals surface area (Å²) in [5, 5.41) is 9.97. The lowest BCUT2D eigenvalue weighted by Crippen LogP contribution is -2.30. The van der Waals surface area contributed by atoms with Gasteiger partial charge in [-0.25, -0.2) is 4.79 Å². The average Bonchev–Trinajstić information content (AvgIpc) is 2.90. The Morgan fingerprint density at radius 2 is 2.12 bits per heavy atom. The van der Waals surface area contributed by atoms with Crippen molar-refractivity contribution in [3.63, 3.8) is 0 Å². The van der Waals surface area contributed by atoms with Gasteiger partial charge in [-0.2, -0.15) is 5.10 Å². The fraction of sp³-hybridized carbons (Fsp3) is 0.474. The molecule has 0 aliphatic carbocycles. The Kier molecular flexibility index (Phi) is 6.86. The third-order valence-electron chi connectivity index (χ3n) is 4.23. The maximum absolute atomic E-state index is 12.1. The molecule has 2 amide bonds. The van der Waals surface area contributed by atoms with Crippen molar-refractivity contribution in [3.8, 4) is 5.75 Å². The van der Waals surface area contributed by atoms with Crippen molar-refractivity contribution in [3.05, 3.63) is 41.2 Å². The number of anilines is 1. The van der Waals surface area contributed by atoms with Crippen LogP contribution in [-0.4, -0.2) is 29.0 Å². The molecule has 2 aromatic rings. The summed E-state index contributed by atoms with van der Waals surface area (Å²) >= 11 is 0. The minimum atomic E-state index is -0.204. The number of benzene rings is 1. The molecule has 2 N–H and O–H groups in total. The molecule has 0 aliphatic heterocycles. The van der Waals surface area contributed by atoms with Crippen LogP contribution in [0.1, 0.15) is 36.6 Å². The van der Waals surface area contributed by atoms with E-state index in [4.69, 9.17) is 4.74 Å². The van der Waals surface area contributed by atoms with Gasteiger partial charge in [0.1, 0.15) is 5.75 Å². The van der Waals surface area contributed by atoms with Crippen LogP contribution in [-0.2, 0) is 13.5 Å². The third-order valence-corrected chi connectivity index (χ3v) is 4.23. The van der Waals surface area contributed by atoms with E-state index in [1.807, 2.05) is 50.0 Å². The number of carbonyl (C=O) groups is 1. The first-order valence-corrected chi connectivity index (χ1v) is 8.77. The van der Waals surface area contributed by atoms with Crippen molar-refractivity contribution in [1.82, 2.24) is 15.1 Å². The molecule has 0 aliphatic rings. The Hall–Kier alpha value is -2.50. The van der Waals surface area contributed by atoms with Crippen molar-refractivity contribution in [1.29, 1.82) is 0 Å². The topological polar surface area (TPSA) is 68.2 Å². The number of unbranched alkanes of at least 4 members (excludes halogenated alkanes) is 1. The molecule has 0 radical (unpaired) electrons. The van der Waals surface area contributed by atoms with E-state index in [0.29, 0.717) is 6.54 Å². The van der Waals surface area contributed by atoms with Gasteiger partial charge < -0.3 is 15.4 Å². The van der Waals surface area contributed by atoms with E-state index in [2.05, 4.69) is 22.7 Å². The fourth-order valence-corrected chi connectivity index (χ4v) is 2.47. The van der Waals surface area contributed by atoms with Crippen LogP contribution in [0, 0.1) is 13.8 Å². The van der Waals surface area contributed by atoms with Gasteiger partial charge in [-0.15, -0.1) is 0 Å². The molecule has 0 spiro atoms. The molecule has 6 heteroatoms. The average molecular weight is 344 g/mol. The van der Waals surface area contributed by atoms with Gasteiger partial charge in [-0.1, -0.05) is 13.3 Å². The Morgan fingerprint density at radius 3 is 2.76 bits per heavy atom. The SMILES string of the molecule is CCCCOc1ccc(NC(=O)NCCc2cnn(C)c2C)c(C)c1. The molecule has 25 heavy (non-hydrogen) atoms. The highest BCUT2D eigenvalue weighted by Gasteiger charge is 2.07. The number of hydrogen-bond acceptors (Lipinski definition) is 3. The number of urea groups is 1. The molecule has 0 saturated heterocycles. The van der Waals surface area contributed by atoms with Crippen molar-refractivity contribution in [2.45, 2.75) is 40.0 Å². The lowest BCUT2D eigenvalue weighted by molar-refractivity contribution is 0.252. The van der Waals surface area contributed by atoms with Crippen LogP contribution in [0.25, 0.3) is 0 Å². The predicted molar refractivity (Wildman–Crippen MR) is 100 cm³/mol. The van der Waals surface area contributed by atoms with E-state index >= 15 is 0 Å². The Bertz CT molecular complexity index is 709. The second-order valence-corrected chi connectivity index (χ2v) is 6.19. The number of aryl methyl sites for hydroxylation is 2. The maximum Gasteiger partial charge on any atom is 0.319 e. The molecule has 0 unspecified atom stereocenters. The number of hydrogen-bond donors (Lipinski definition) is 2. The molecular formula is C19H28N4O2. The van der Waals surface area contributed by atoms with Crippen LogP contribution in [0.15, 0.2) is 24.4 Å². The van der Waals surface area contributed by atoms with Crippen molar-refractivity contribution < 1.29 is 9.53 Å². The van der Waals surface area contributed by atoms with Crippen LogP contribution < -0.4 is 15.4 Å². The van der Waals surface area contributed by atoms with Crippen LogP contribution in [0.5, 0.6) is 5.75 Å². The van der Waals surface area contributed by atoms with Crippen LogP contribution in [0.2, 0.25) is 0 Å². The van der Waals surface area contributed by atoms with Crippen LogP contribution in [0.4, 0.5) is 10.5 Å². The summed E-state index contributed by atoms with van der Waals surface area (Å²) in [5.41, 5.74) is 4.04. The van der Waals surface area contributed by atoms with Gasteiger partial charge >= 0.3 is 6.03 Å². The molecule has 1 aromatic heterocycles. The zero-order valence-electron chi connectivity index (χ0n) is 15.6. The first kappa shape index (κ1) is 18.8. The summed E-state index contributed by atoms with van der Waals surface area (Å²) in [6.45, 7) is 7.40. The van der Waals surface area contributed by atoms with Gasteiger partial charge in [0.25, 0.3) is 0 Å². The number of ether oxygens (including phenoxy) is 1. The first-order chi connectivity index (χ1) is 12.0. The summed E-state index contributed by atoms with van der Waals surface area (Å²) in [4.78, 5) is 12.1. The molecule has 0 fully saturated rings. The number of amides is 2. The predicted octanol–water partition coefficient (Wildman–Crippen LogP) is 3.58. The quantitative estimate of drug-likeness (QED) is 0.719. The lowest BCUT2D eigenvalue weighted by Gasteiger charge is -2.12. The molecule has 1 heterocycles. The van der Waals surface area contributed by atoms with Gasteiger partial charge in [0.15, 0.2) is 0 Å². The van der Waals surface area contributed by atoms with Crippen molar-refractivity contribution in [2.75, 3.05) is 18.5 Å². The van der Waals surface area contributed by atoms with Gasteiger partial charge in [-0.3, -0.25) is 4.68 Å². The number of nitrogens with zero attached hydrogens (tertiary/aromatic N) is 2. The first-order valence-electron chi connectivity index (χ1n) is 8.77. The van der Waals surface area contributed by atoms with Crippen molar-refractivity contribution in [2.24, 2.45) is 7.05 Å². The van der Waals surface area contributed by atoms with E-state index in [1.54, 1.807) is 0 Å². The van der Waals surface area contributed by atoms with E-state index < -0.39 is 0 Å². The van der Waals surface area contributed by atoms with Gasteiger partial charge in [0.2, 0.25) is 0 Å². The highest BCUT2D eigenvalue weighted by atomic mass is 16.5. The minimum Gasteiger partial charge on any atom is -0.494 e. The molecule has 1 aromatic carbocycles. The second-order valence-electron chi connectivity index (χ2n) is 6.19. The third kappa shape index (κ3) is 5.52. The summed E-state index contributed by atoms with van der Waals surface area (Å²) in [5.74, 6) is 0.837. The Balaban J connectivity index is 1.80. The summed E-state index contributed by atoms with van der Waals surface area (Å²) in [7, 11) is 1.91. The summed E-state index contributed by atoms with van der Waals surface area (Å²) < 4.78 is 7.51. The molecule has 0 bridgehead atoms. The van der Waals surface area contributed by atoms with Gasteiger partial charge in [0, 0.05) is 25.0 Å². The highest BCUT2D eigenvalue weighted by molar-refractivity contribution is 5.90. The number of rotatable bonds is 8. The standard InChI is InChI=1S/C19H28N4O2/c1-5-6-11-25-17-7-8-18(14(2)12-17)22-19(24)20-10-9-16-13-21-23(4)15(16)3/h7-8,12-13H,5-6,9-11H2,1-4H3,(H2,20,22,24). The zero-order chi connectivity index (χ0) is 18.2. The van der Waals surface area contributed by atoms with Crippen LogP contribution in [0.3, 0.4) is 0 Å². The van der Waals surface area contributed by atoms with E-state index in [0.717, 1.165) is 54.1 Å². The van der Waals surface area contributed by atoms with Gasteiger partial charge in [0.05, 0.1) is 12.8 Å². The van der Waals surface area contributed by atoms with E-state index in [1.165, 1.54) is 0 Å². The smallest absolute Gasteiger partial charge is 0.319 e. The normalized spacial score (nSPS) is 10.6. The van der Waals surface area contributed by atoms with E-state index in [-0.39, 0.29) is 6.03 Å². The molecule has 2 rings (SSSR count). The minimum absolute atomic E-state index is 0.204. The largest absolute Gasteiger partial charge is 0.494 e. The molecule has 0 saturated carbocycles. The lowest BCUT2D eigenvalue weighted by atomic mass is 10.2. The highest BCUT2D eigenvalue weighted by Crippen LogP contribution is 2.21. The summed E-state index contributed by atoms with van der Waals surface area (Å²) in [6, 6.07) is 5.51. The number of aromatic nitrogens is 2. The van der Waals surface area contributed by atoms with Crippen LogP contribution >= 0.6 is 0 Å². The van der Waals surface area contributed by atoms with E-state index in [9.17, 15) is 4.79 Å². The molecular weight excluding hydrogens is 316 g/mol. The Labute approximate surface area is 149 Å². The molecule has 0 atom stereocenters. The van der Waals surface area contributed by atoms with Gasteiger partial charge in [-0.05, 0) is 56.0 Å². The maximum atomic E-state index is 12.1. The fourth-order valence-electron chi connectivity index (χ4n) is 2.47. The zero-order valence-corrected chi connectivity index (χ0v) is 15.6.